The van der Waals surface area contributed by atoms with Crippen LogP contribution in [0, 0.1) is 0 Å². The number of Topliss-reactive ketones (excluding diaryl/α,β-unsaturated/α-hetero) is 1. The van der Waals surface area contributed by atoms with Gasteiger partial charge in [-0.2, -0.15) is 0 Å². The van der Waals surface area contributed by atoms with Gasteiger partial charge in [-0.25, -0.2) is 0 Å². The molecular weight excluding hydrogens is 130 g/mol. The molecule has 0 fully saturated rings. The van der Waals surface area contributed by atoms with Gasteiger partial charge in [-0.15, -0.1) is 0 Å². The molecule has 3 nitrogen and oxygen atoms in total. The predicted octanol–water partition coefficient (Wildman–Crippen LogP) is 0.784. The minimum absolute atomic E-state index is 0.193. The molecule has 0 aromatic carbocycles. The molecule has 0 saturated carbocycles. The summed E-state index contributed by atoms with van der Waals surface area (Å²) in [7, 11) is 0. The van der Waals surface area contributed by atoms with E-state index in [-0.39, 0.29) is 5.78 Å². The highest BCUT2D eigenvalue weighted by Crippen LogP contribution is 2.01. The summed E-state index contributed by atoms with van der Waals surface area (Å²) in [4.78, 5) is 14.5. The predicted molar refractivity (Wildman–Crippen MR) is 38.2 cm³/mol. The van der Waals surface area contributed by atoms with Gasteiger partial charge < -0.3 is 9.53 Å². The van der Waals surface area contributed by atoms with Crippen LogP contribution in [0.25, 0.3) is 0 Å². The Hall–Kier alpha value is -0.860. The molecule has 56 valence electrons. The summed E-state index contributed by atoms with van der Waals surface area (Å²) in [6, 6.07) is 0. The Bertz CT molecular complexity index is 163. The fourth-order valence-electron chi connectivity index (χ4n) is 0.814. The minimum atomic E-state index is 0.193. The van der Waals surface area contributed by atoms with Gasteiger partial charge in [0.2, 0.25) is 0 Å². The first-order valence-electron chi connectivity index (χ1n) is 3.44. The topological polar surface area (TPSA) is 38.7 Å². The Kier molecular flexibility index (Phi) is 2.42. The van der Waals surface area contributed by atoms with Crippen molar-refractivity contribution in [2.75, 3.05) is 13.2 Å². The van der Waals surface area contributed by atoms with Crippen molar-refractivity contribution in [3.05, 3.63) is 0 Å². The maximum atomic E-state index is 10.5. The molecule has 3 heteroatoms. The average Bonchev–Trinajstić information content (AvgIpc) is 2.34. The zero-order valence-corrected chi connectivity index (χ0v) is 6.09. The van der Waals surface area contributed by atoms with E-state index in [0.717, 1.165) is 12.4 Å². The number of aliphatic imine (C=N–C) groups is 1. The second kappa shape index (κ2) is 3.34. The van der Waals surface area contributed by atoms with Crippen LogP contribution in [-0.4, -0.2) is 24.8 Å². The van der Waals surface area contributed by atoms with Crippen molar-refractivity contribution in [1.29, 1.82) is 0 Å². The molecule has 10 heavy (non-hydrogen) atoms. The largest absolute Gasteiger partial charge is 0.479 e. The van der Waals surface area contributed by atoms with Crippen molar-refractivity contribution in [3.8, 4) is 0 Å². The van der Waals surface area contributed by atoms with Gasteiger partial charge in [-0.3, -0.25) is 4.99 Å². The van der Waals surface area contributed by atoms with E-state index < -0.39 is 0 Å². The SMILES string of the molecule is CC(=O)CCC1=NCCO1. The first-order valence-corrected chi connectivity index (χ1v) is 3.44. The molecule has 1 aliphatic heterocycles. The fraction of sp³-hybridized carbons (Fsp3) is 0.714. The standard InChI is InChI=1S/C7H11NO2/c1-6(9)2-3-7-8-4-5-10-7/h2-5H2,1H3. The number of hydrogen-bond acceptors (Lipinski definition) is 3. The third-order valence-corrected chi connectivity index (χ3v) is 1.34. The third-order valence-electron chi connectivity index (χ3n) is 1.34. The Morgan fingerprint density at radius 3 is 3.10 bits per heavy atom. The van der Waals surface area contributed by atoms with Gasteiger partial charge in [-0.1, -0.05) is 0 Å². The fourth-order valence-corrected chi connectivity index (χ4v) is 0.814. The van der Waals surface area contributed by atoms with Crippen LogP contribution in [0.15, 0.2) is 4.99 Å². The molecule has 0 radical (unpaired) electrons. The summed E-state index contributed by atoms with van der Waals surface area (Å²) in [6.07, 6.45) is 1.23. The van der Waals surface area contributed by atoms with E-state index in [4.69, 9.17) is 4.74 Å². The summed E-state index contributed by atoms with van der Waals surface area (Å²) >= 11 is 0. The molecule has 0 unspecified atom stereocenters. The average molecular weight is 141 g/mol. The van der Waals surface area contributed by atoms with Crippen molar-refractivity contribution in [2.45, 2.75) is 19.8 Å². The molecule has 0 aliphatic carbocycles. The van der Waals surface area contributed by atoms with Crippen molar-refractivity contribution >= 4 is 11.7 Å². The highest BCUT2D eigenvalue weighted by Gasteiger charge is 2.06. The van der Waals surface area contributed by atoms with Crippen molar-refractivity contribution in [2.24, 2.45) is 4.99 Å². The van der Waals surface area contributed by atoms with Gasteiger partial charge in [0.1, 0.15) is 12.4 Å². The van der Waals surface area contributed by atoms with Crippen LogP contribution in [0.5, 0.6) is 0 Å². The lowest BCUT2D eigenvalue weighted by molar-refractivity contribution is -0.116. The number of hydrogen-bond donors (Lipinski definition) is 0. The van der Waals surface area contributed by atoms with Gasteiger partial charge in [-0.05, 0) is 6.92 Å². The second-order valence-corrected chi connectivity index (χ2v) is 2.33. The summed E-state index contributed by atoms with van der Waals surface area (Å²) < 4.78 is 5.10. The van der Waals surface area contributed by atoms with E-state index in [2.05, 4.69) is 4.99 Å². The van der Waals surface area contributed by atoms with E-state index in [1.165, 1.54) is 0 Å². The molecule has 0 N–H and O–H groups in total. The number of carbonyl (C=O) groups is 1. The monoisotopic (exact) mass is 141 g/mol. The maximum absolute atomic E-state index is 10.5. The van der Waals surface area contributed by atoms with Crippen LogP contribution < -0.4 is 0 Å². The smallest absolute Gasteiger partial charge is 0.183 e. The van der Waals surface area contributed by atoms with E-state index in [1.54, 1.807) is 6.92 Å². The van der Waals surface area contributed by atoms with Crippen LogP contribution in [0.2, 0.25) is 0 Å². The summed E-state index contributed by atoms with van der Waals surface area (Å²) in [5.41, 5.74) is 0. The first kappa shape index (κ1) is 7.25. The highest BCUT2D eigenvalue weighted by molar-refractivity contribution is 5.84. The Labute approximate surface area is 60.1 Å². The highest BCUT2D eigenvalue weighted by atomic mass is 16.5. The molecule has 0 atom stereocenters. The zero-order valence-electron chi connectivity index (χ0n) is 6.09. The second-order valence-electron chi connectivity index (χ2n) is 2.33. The molecule has 0 spiro atoms. The molecule has 1 rings (SSSR count). The van der Waals surface area contributed by atoms with E-state index >= 15 is 0 Å². The number of rotatable bonds is 3. The summed E-state index contributed by atoms with van der Waals surface area (Å²) in [5, 5.41) is 0. The zero-order chi connectivity index (χ0) is 7.40. The Morgan fingerprint density at radius 2 is 2.60 bits per heavy atom. The summed E-state index contributed by atoms with van der Waals surface area (Å²) in [5.74, 6) is 0.938. The van der Waals surface area contributed by atoms with Crippen LogP contribution in [0.3, 0.4) is 0 Å². The maximum Gasteiger partial charge on any atom is 0.183 e. The molecular formula is C7H11NO2. The summed E-state index contributed by atoms with van der Waals surface area (Å²) in [6.45, 7) is 3.02. The van der Waals surface area contributed by atoms with Crippen molar-refractivity contribution in [1.82, 2.24) is 0 Å². The lowest BCUT2D eigenvalue weighted by Crippen LogP contribution is -2.01. The van der Waals surface area contributed by atoms with Crippen LogP contribution in [0.1, 0.15) is 19.8 Å². The normalized spacial score (nSPS) is 16.3. The molecule has 0 bridgehead atoms. The molecule has 0 aromatic heterocycles. The molecule has 1 heterocycles. The van der Waals surface area contributed by atoms with Gasteiger partial charge >= 0.3 is 0 Å². The minimum Gasteiger partial charge on any atom is -0.479 e. The van der Waals surface area contributed by atoms with E-state index in [0.29, 0.717) is 19.4 Å². The number of ketones is 1. The van der Waals surface area contributed by atoms with Gasteiger partial charge in [0, 0.05) is 12.8 Å². The van der Waals surface area contributed by atoms with Gasteiger partial charge in [0.25, 0.3) is 0 Å². The van der Waals surface area contributed by atoms with Gasteiger partial charge in [0.05, 0.1) is 6.54 Å². The molecule has 0 saturated heterocycles. The molecule has 0 aromatic rings. The number of ether oxygens (including phenoxy) is 1. The molecule has 0 amide bonds. The van der Waals surface area contributed by atoms with Crippen LogP contribution in [0.4, 0.5) is 0 Å². The quantitative estimate of drug-likeness (QED) is 0.582. The first-order chi connectivity index (χ1) is 4.79. The number of carbonyl (C=O) groups excluding carboxylic acids is 1. The van der Waals surface area contributed by atoms with E-state index in [1.807, 2.05) is 0 Å². The van der Waals surface area contributed by atoms with Crippen LogP contribution in [-0.2, 0) is 9.53 Å². The molecule has 1 aliphatic rings. The third kappa shape index (κ3) is 2.17. The Balaban J connectivity index is 2.19. The lowest BCUT2D eigenvalue weighted by Gasteiger charge is -1.97. The van der Waals surface area contributed by atoms with Crippen molar-refractivity contribution in [3.63, 3.8) is 0 Å². The van der Waals surface area contributed by atoms with Gasteiger partial charge in [0.15, 0.2) is 5.90 Å². The lowest BCUT2D eigenvalue weighted by atomic mass is 10.2. The van der Waals surface area contributed by atoms with E-state index in [9.17, 15) is 4.79 Å². The van der Waals surface area contributed by atoms with Crippen molar-refractivity contribution < 1.29 is 9.53 Å². The Morgan fingerprint density at radius 1 is 1.80 bits per heavy atom. The number of nitrogens with zero attached hydrogens (tertiary/aromatic N) is 1. The van der Waals surface area contributed by atoms with Crippen LogP contribution >= 0.6 is 0 Å².